The monoisotopic (exact) mass is 340 g/mol. The van der Waals surface area contributed by atoms with Gasteiger partial charge in [0.2, 0.25) is 5.91 Å². The van der Waals surface area contributed by atoms with Crippen LogP contribution in [0.25, 0.3) is 0 Å². The largest absolute Gasteiger partial charge is 0.380 e. The van der Waals surface area contributed by atoms with E-state index in [-0.39, 0.29) is 30.5 Å². The first-order valence-electron chi connectivity index (χ1n) is 8.17. The summed E-state index contributed by atoms with van der Waals surface area (Å²) in [5, 5.41) is 0. The van der Waals surface area contributed by atoms with Crippen LogP contribution in [-0.4, -0.2) is 37.1 Å². The molecule has 0 radical (unpaired) electrons. The Labute approximate surface area is 145 Å². The van der Waals surface area contributed by atoms with Crippen molar-refractivity contribution in [2.45, 2.75) is 51.7 Å². The topological polar surface area (TPSA) is 55.6 Å². The van der Waals surface area contributed by atoms with E-state index >= 15 is 0 Å². The zero-order valence-corrected chi connectivity index (χ0v) is 15.2. The van der Waals surface area contributed by atoms with Gasteiger partial charge >= 0.3 is 0 Å². The maximum Gasteiger partial charge on any atom is 0.225 e. The van der Waals surface area contributed by atoms with E-state index in [1.54, 1.807) is 7.11 Å². The lowest BCUT2D eigenvalue weighted by Crippen LogP contribution is -2.41. The maximum absolute atomic E-state index is 12.7. The number of piperidine rings is 1. The molecule has 2 unspecified atom stereocenters. The minimum Gasteiger partial charge on any atom is -0.380 e. The van der Waals surface area contributed by atoms with E-state index in [1.165, 1.54) is 23.1 Å². The molecule has 0 spiro atoms. The lowest BCUT2D eigenvalue weighted by atomic mass is 9.90. The molecule has 1 aromatic rings. The lowest BCUT2D eigenvalue weighted by Gasteiger charge is -2.37. The average molecular weight is 341 g/mol. The zero-order chi connectivity index (χ0) is 16.1. The molecule has 1 aliphatic heterocycles. The van der Waals surface area contributed by atoms with Gasteiger partial charge in [-0.2, -0.15) is 0 Å². The molecule has 0 aliphatic carbocycles. The van der Waals surface area contributed by atoms with Gasteiger partial charge in [-0.3, -0.25) is 4.79 Å². The highest BCUT2D eigenvalue weighted by molar-refractivity contribution is 5.85. The number of halogens is 1. The Bertz CT molecular complexity index is 518. The van der Waals surface area contributed by atoms with Crippen LogP contribution in [0, 0.1) is 13.8 Å². The molecule has 130 valence electrons. The number of ether oxygens (including phenoxy) is 1. The minimum atomic E-state index is -0.186. The fraction of sp³-hybridized carbons (Fsp3) is 0.611. The molecule has 2 rings (SSSR count). The normalized spacial score (nSPS) is 19.1. The second-order valence-electron chi connectivity index (χ2n) is 6.19. The number of methoxy groups -OCH3 is 1. The van der Waals surface area contributed by atoms with Crippen molar-refractivity contribution >= 4 is 18.3 Å². The molecule has 23 heavy (non-hydrogen) atoms. The Morgan fingerprint density at radius 2 is 2.13 bits per heavy atom. The van der Waals surface area contributed by atoms with Crippen molar-refractivity contribution in [1.29, 1.82) is 0 Å². The highest BCUT2D eigenvalue weighted by Gasteiger charge is 2.30. The number of carbonyl (C=O) groups excluding carboxylic acids is 1. The molecule has 1 aromatic carbocycles. The lowest BCUT2D eigenvalue weighted by molar-refractivity contribution is -0.137. The van der Waals surface area contributed by atoms with Crippen LogP contribution in [0.3, 0.4) is 0 Å². The van der Waals surface area contributed by atoms with E-state index in [0.29, 0.717) is 13.0 Å². The third-order valence-electron chi connectivity index (χ3n) is 4.83. The van der Waals surface area contributed by atoms with Crippen molar-refractivity contribution in [2.24, 2.45) is 5.73 Å². The summed E-state index contributed by atoms with van der Waals surface area (Å²) in [5.74, 6) is 0.155. The van der Waals surface area contributed by atoms with Crippen molar-refractivity contribution in [3.63, 3.8) is 0 Å². The summed E-state index contributed by atoms with van der Waals surface area (Å²) >= 11 is 0. The van der Waals surface area contributed by atoms with Crippen molar-refractivity contribution in [1.82, 2.24) is 4.90 Å². The summed E-state index contributed by atoms with van der Waals surface area (Å²) in [6.45, 7) is 5.49. The van der Waals surface area contributed by atoms with Crippen LogP contribution < -0.4 is 5.73 Å². The van der Waals surface area contributed by atoms with Crippen LogP contribution in [0.5, 0.6) is 0 Å². The second-order valence-corrected chi connectivity index (χ2v) is 6.19. The Morgan fingerprint density at radius 1 is 1.39 bits per heavy atom. The number of benzene rings is 1. The summed E-state index contributed by atoms with van der Waals surface area (Å²) in [6, 6.07) is 6.57. The number of rotatable bonds is 5. The Hall–Kier alpha value is -1.10. The first-order chi connectivity index (χ1) is 10.6. The standard InChI is InChI=1S/C18H28N2O2.ClH/c1-13-7-6-8-16(14(13)2)17-9-4-5-10-20(17)18(21)11-15(12-19)22-3;/h6-8,15,17H,4-5,9-12,19H2,1-3H3;1H. The maximum atomic E-state index is 12.7. The van der Waals surface area contributed by atoms with Gasteiger partial charge in [0.25, 0.3) is 0 Å². The number of amides is 1. The molecule has 1 saturated heterocycles. The molecule has 2 N–H and O–H groups in total. The van der Waals surface area contributed by atoms with Crippen LogP contribution in [0.15, 0.2) is 18.2 Å². The van der Waals surface area contributed by atoms with Gasteiger partial charge in [0, 0.05) is 20.2 Å². The van der Waals surface area contributed by atoms with Gasteiger partial charge in [-0.1, -0.05) is 18.2 Å². The van der Waals surface area contributed by atoms with E-state index < -0.39 is 0 Å². The van der Waals surface area contributed by atoms with Crippen LogP contribution >= 0.6 is 12.4 Å². The summed E-state index contributed by atoms with van der Waals surface area (Å²) in [5.41, 5.74) is 9.53. The number of nitrogens with two attached hydrogens (primary N) is 1. The number of hydrogen-bond acceptors (Lipinski definition) is 3. The molecule has 1 aliphatic rings. The Kier molecular flexibility index (Phi) is 8.03. The van der Waals surface area contributed by atoms with Crippen LogP contribution in [0.4, 0.5) is 0 Å². The van der Waals surface area contributed by atoms with Crippen LogP contribution in [0.2, 0.25) is 0 Å². The molecule has 1 heterocycles. The number of nitrogens with zero attached hydrogens (tertiary/aromatic N) is 1. The Morgan fingerprint density at radius 3 is 2.78 bits per heavy atom. The fourth-order valence-electron chi connectivity index (χ4n) is 3.26. The highest BCUT2D eigenvalue weighted by Crippen LogP contribution is 2.34. The zero-order valence-electron chi connectivity index (χ0n) is 14.4. The van der Waals surface area contributed by atoms with Crippen molar-refractivity contribution in [3.8, 4) is 0 Å². The van der Waals surface area contributed by atoms with Crippen LogP contribution in [0.1, 0.15) is 48.4 Å². The van der Waals surface area contributed by atoms with E-state index in [2.05, 4.69) is 32.0 Å². The van der Waals surface area contributed by atoms with Gasteiger partial charge in [0.15, 0.2) is 0 Å². The van der Waals surface area contributed by atoms with Crippen LogP contribution in [-0.2, 0) is 9.53 Å². The molecule has 0 saturated carbocycles. The van der Waals surface area contributed by atoms with E-state index in [0.717, 1.165) is 19.4 Å². The summed E-state index contributed by atoms with van der Waals surface area (Å²) < 4.78 is 5.27. The molecule has 1 fully saturated rings. The Balaban J connectivity index is 0.00000264. The smallest absolute Gasteiger partial charge is 0.225 e. The third-order valence-corrected chi connectivity index (χ3v) is 4.83. The molecular formula is C18H29ClN2O2. The summed E-state index contributed by atoms with van der Waals surface area (Å²) in [4.78, 5) is 14.7. The summed E-state index contributed by atoms with van der Waals surface area (Å²) in [6.07, 6.45) is 3.47. The van der Waals surface area contributed by atoms with Crippen molar-refractivity contribution < 1.29 is 9.53 Å². The molecule has 2 atom stereocenters. The van der Waals surface area contributed by atoms with Gasteiger partial charge in [0.1, 0.15) is 0 Å². The number of hydrogen-bond donors (Lipinski definition) is 1. The number of aryl methyl sites for hydroxylation is 1. The third kappa shape index (κ3) is 4.69. The first kappa shape index (κ1) is 19.9. The van der Waals surface area contributed by atoms with Gasteiger partial charge in [-0.05, 0) is 49.8 Å². The number of likely N-dealkylation sites (tertiary alicyclic amines) is 1. The quantitative estimate of drug-likeness (QED) is 0.895. The van der Waals surface area contributed by atoms with Crippen molar-refractivity contribution in [2.75, 3.05) is 20.2 Å². The highest BCUT2D eigenvalue weighted by atomic mass is 35.5. The molecular weight excluding hydrogens is 312 g/mol. The second kappa shape index (κ2) is 9.26. The molecule has 0 aromatic heterocycles. The van der Waals surface area contributed by atoms with E-state index in [9.17, 15) is 4.79 Å². The van der Waals surface area contributed by atoms with E-state index in [4.69, 9.17) is 10.5 Å². The van der Waals surface area contributed by atoms with E-state index in [1.807, 2.05) is 4.90 Å². The first-order valence-corrected chi connectivity index (χ1v) is 8.17. The van der Waals surface area contributed by atoms with Gasteiger partial charge < -0.3 is 15.4 Å². The van der Waals surface area contributed by atoms with Gasteiger partial charge in [0.05, 0.1) is 18.6 Å². The number of carbonyl (C=O) groups is 1. The van der Waals surface area contributed by atoms with Gasteiger partial charge in [-0.25, -0.2) is 0 Å². The summed E-state index contributed by atoms with van der Waals surface area (Å²) in [7, 11) is 1.61. The molecule has 0 bridgehead atoms. The predicted octanol–water partition coefficient (Wildman–Crippen LogP) is 3.14. The van der Waals surface area contributed by atoms with Crippen molar-refractivity contribution in [3.05, 3.63) is 34.9 Å². The SMILES string of the molecule is COC(CN)CC(=O)N1CCCCC1c1cccc(C)c1C.Cl. The minimum absolute atomic E-state index is 0. The fourth-order valence-corrected chi connectivity index (χ4v) is 3.26. The predicted molar refractivity (Wildman–Crippen MR) is 95.9 cm³/mol. The molecule has 4 nitrogen and oxygen atoms in total. The average Bonchev–Trinajstić information content (AvgIpc) is 2.55. The van der Waals surface area contributed by atoms with Gasteiger partial charge in [-0.15, -0.1) is 12.4 Å². The molecule has 5 heteroatoms. The molecule has 1 amide bonds.